The molecule has 0 aliphatic carbocycles. The minimum Gasteiger partial charge on any atom is -0.462 e. The van der Waals surface area contributed by atoms with Gasteiger partial charge in [-0.05, 0) is 96.3 Å². The van der Waals surface area contributed by atoms with Crippen molar-refractivity contribution in [3.8, 4) is 0 Å². The number of rotatable bonds is 59. The number of hydrogen-bond acceptors (Lipinski definition) is 6. The van der Waals surface area contributed by atoms with Crippen LogP contribution in [0.15, 0.2) is 122 Å². The summed E-state index contributed by atoms with van der Waals surface area (Å²) in [5, 5.41) is 0. The lowest BCUT2D eigenvalue weighted by Crippen LogP contribution is -2.30. The Morgan fingerprint density at radius 2 is 0.519 bits per heavy atom. The quantitative estimate of drug-likeness (QED) is 0.0261. The summed E-state index contributed by atoms with van der Waals surface area (Å²) in [4.78, 5) is 38.0. The average molecular weight is 1100 g/mol. The van der Waals surface area contributed by atoms with Crippen LogP contribution >= 0.6 is 0 Å². The normalized spacial score (nSPS) is 12.9. The lowest BCUT2D eigenvalue weighted by atomic mass is 10.0. The van der Waals surface area contributed by atoms with Gasteiger partial charge in [0.1, 0.15) is 13.2 Å². The molecule has 0 saturated heterocycles. The van der Waals surface area contributed by atoms with Crippen LogP contribution < -0.4 is 0 Å². The number of allylic oxidation sites excluding steroid dienone is 20. The molecule has 0 aromatic heterocycles. The summed E-state index contributed by atoms with van der Waals surface area (Å²) < 4.78 is 16.7. The maximum Gasteiger partial charge on any atom is 0.306 e. The minimum absolute atomic E-state index is 0.106. The molecule has 6 nitrogen and oxygen atoms in total. The van der Waals surface area contributed by atoms with Gasteiger partial charge in [-0.2, -0.15) is 0 Å². The van der Waals surface area contributed by atoms with Crippen molar-refractivity contribution in [2.45, 2.75) is 309 Å². The Kier molecular flexibility index (Phi) is 62.8. The molecule has 450 valence electrons. The molecule has 0 radical (unpaired) electrons. The Hall–Kier alpha value is -4.19. The van der Waals surface area contributed by atoms with Gasteiger partial charge in [-0.25, -0.2) is 0 Å². The van der Waals surface area contributed by atoms with Crippen LogP contribution in [0.1, 0.15) is 303 Å². The number of carbonyl (C=O) groups excluding carboxylic acids is 3. The fourth-order valence-corrected chi connectivity index (χ4v) is 9.11. The number of unbranched alkanes of at least 4 members (excludes halogenated alkanes) is 28. The maximum atomic E-state index is 12.8. The number of hydrogen-bond donors (Lipinski definition) is 0. The molecule has 0 N–H and O–H groups in total. The molecule has 0 spiro atoms. The first kappa shape index (κ1) is 74.8. The fraction of sp³-hybridized carbons (Fsp3) is 0.685. The zero-order valence-electron chi connectivity index (χ0n) is 51.6. The maximum absolute atomic E-state index is 12.8. The second kappa shape index (κ2) is 66.3. The van der Waals surface area contributed by atoms with Gasteiger partial charge >= 0.3 is 17.9 Å². The van der Waals surface area contributed by atoms with E-state index in [4.69, 9.17) is 14.2 Å². The van der Waals surface area contributed by atoms with Crippen molar-refractivity contribution in [1.29, 1.82) is 0 Å². The molecule has 1 unspecified atom stereocenters. The van der Waals surface area contributed by atoms with Crippen molar-refractivity contribution >= 4 is 17.9 Å². The Labute approximate surface area is 488 Å². The molecular weight excluding hydrogens is 973 g/mol. The molecule has 0 bridgehead atoms. The van der Waals surface area contributed by atoms with Gasteiger partial charge in [-0.15, -0.1) is 0 Å². The molecule has 0 heterocycles. The zero-order valence-corrected chi connectivity index (χ0v) is 51.6. The fourth-order valence-electron chi connectivity index (χ4n) is 9.11. The number of carbonyl (C=O) groups is 3. The Morgan fingerprint density at radius 1 is 0.266 bits per heavy atom. The monoisotopic (exact) mass is 1090 g/mol. The molecule has 0 rings (SSSR count). The van der Waals surface area contributed by atoms with Crippen LogP contribution in [-0.4, -0.2) is 37.2 Å². The first-order valence-corrected chi connectivity index (χ1v) is 33.0. The summed E-state index contributed by atoms with van der Waals surface area (Å²) in [6.07, 6.45) is 92.7. The van der Waals surface area contributed by atoms with Crippen molar-refractivity contribution < 1.29 is 28.6 Å². The standard InChI is InChI=1S/C73H122O6/c1-4-7-10-13-16-18-20-22-24-26-28-29-30-31-32-33-34-35-36-37-38-39-40-41-42-43-45-46-48-50-52-54-57-60-63-66-72(75)78-69-70(68-77-71(74)65-62-59-56-15-12-9-6-3)79-73(76)67-64-61-58-55-53-51-49-47-44-27-25-23-21-19-17-14-11-8-5-2/h7-8,10-11,16-19,22-25,28-29,44,47,51,53,58,61,70H,4-6,9,12-15,20-21,26-27,30-43,45-46,48-50,52,54-57,59-60,62-69H2,1-3H3/b10-7-,11-8-,18-16-,19-17-,24-22-,25-23-,29-28-,47-44-,53-51-,61-58-. The van der Waals surface area contributed by atoms with Gasteiger partial charge in [0.2, 0.25) is 0 Å². The predicted octanol–water partition coefficient (Wildman–Crippen LogP) is 22.8. The summed E-state index contributed by atoms with van der Waals surface area (Å²) >= 11 is 0. The lowest BCUT2D eigenvalue weighted by Gasteiger charge is -2.18. The van der Waals surface area contributed by atoms with Crippen LogP contribution in [0.3, 0.4) is 0 Å². The van der Waals surface area contributed by atoms with Gasteiger partial charge < -0.3 is 14.2 Å². The topological polar surface area (TPSA) is 78.9 Å². The van der Waals surface area contributed by atoms with Crippen molar-refractivity contribution in [2.75, 3.05) is 13.2 Å². The van der Waals surface area contributed by atoms with Gasteiger partial charge in [0.25, 0.3) is 0 Å². The van der Waals surface area contributed by atoms with Crippen LogP contribution in [0.2, 0.25) is 0 Å². The van der Waals surface area contributed by atoms with E-state index in [1.165, 1.54) is 154 Å². The average Bonchev–Trinajstić information content (AvgIpc) is 3.45. The molecule has 1 atom stereocenters. The first-order valence-electron chi connectivity index (χ1n) is 33.0. The van der Waals surface area contributed by atoms with Gasteiger partial charge in [0, 0.05) is 19.3 Å². The molecule has 0 fully saturated rings. The molecule has 0 aliphatic rings. The zero-order chi connectivity index (χ0) is 57.1. The molecule has 79 heavy (non-hydrogen) atoms. The summed E-state index contributed by atoms with van der Waals surface area (Å²) in [6.45, 7) is 6.32. The third kappa shape index (κ3) is 64.5. The third-order valence-electron chi connectivity index (χ3n) is 14.0. The van der Waals surface area contributed by atoms with Crippen molar-refractivity contribution in [3.05, 3.63) is 122 Å². The van der Waals surface area contributed by atoms with E-state index in [0.29, 0.717) is 19.3 Å². The van der Waals surface area contributed by atoms with Gasteiger partial charge in [0.15, 0.2) is 6.10 Å². The smallest absolute Gasteiger partial charge is 0.306 e. The second-order valence-corrected chi connectivity index (χ2v) is 21.6. The highest BCUT2D eigenvalue weighted by Gasteiger charge is 2.19. The summed E-state index contributed by atoms with van der Waals surface area (Å²) in [5.74, 6) is -0.991. The van der Waals surface area contributed by atoms with E-state index in [2.05, 4.69) is 136 Å². The van der Waals surface area contributed by atoms with Crippen LogP contribution in [0.4, 0.5) is 0 Å². The Bertz CT molecular complexity index is 1640. The van der Waals surface area contributed by atoms with E-state index in [0.717, 1.165) is 103 Å². The van der Waals surface area contributed by atoms with E-state index in [1.807, 2.05) is 6.08 Å². The van der Waals surface area contributed by atoms with Gasteiger partial charge in [0.05, 0.1) is 0 Å². The van der Waals surface area contributed by atoms with Crippen LogP contribution in [0.5, 0.6) is 0 Å². The van der Waals surface area contributed by atoms with Gasteiger partial charge in [-0.3, -0.25) is 14.4 Å². The summed E-state index contributed by atoms with van der Waals surface area (Å²) in [5.41, 5.74) is 0. The molecule has 0 saturated carbocycles. The largest absolute Gasteiger partial charge is 0.462 e. The highest BCUT2D eigenvalue weighted by molar-refractivity contribution is 5.71. The van der Waals surface area contributed by atoms with Crippen molar-refractivity contribution in [1.82, 2.24) is 0 Å². The van der Waals surface area contributed by atoms with Crippen molar-refractivity contribution in [2.24, 2.45) is 0 Å². The van der Waals surface area contributed by atoms with E-state index >= 15 is 0 Å². The molecule has 0 amide bonds. The molecule has 6 heteroatoms. The lowest BCUT2D eigenvalue weighted by molar-refractivity contribution is -0.166. The molecular formula is C73H122O6. The molecule has 0 aliphatic heterocycles. The highest BCUT2D eigenvalue weighted by atomic mass is 16.6. The highest BCUT2D eigenvalue weighted by Crippen LogP contribution is 2.17. The molecule has 0 aromatic rings. The first-order chi connectivity index (χ1) is 39.0. The van der Waals surface area contributed by atoms with E-state index in [1.54, 1.807) is 0 Å². The van der Waals surface area contributed by atoms with E-state index < -0.39 is 12.1 Å². The molecule has 0 aromatic carbocycles. The third-order valence-corrected chi connectivity index (χ3v) is 14.0. The Morgan fingerprint density at radius 3 is 0.823 bits per heavy atom. The minimum atomic E-state index is -0.816. The number of ether oxygens (including phenoxy) is 3. The van der Waals surface area contributed by atoms with Crippen molar-refractivity contribution in [3.63, 3.8) is 0 Å². The van der Waals surface area contributed by atoms with Gasteiger partial charge in [-0.1, -0.05) is 309 Å². The van der Waals surface area contributed by atoms with Crippen LogP contribution in [0.25, 0.3) is 0 Å². The van der Waals surface area contributed by atoms with E-state index in [-0.39, 0.29) is 31.6 Å². The van der Waals surface area contributed by atoms with Crippen LogP contribution in [0, 0.1) is 0 Å². The summed E-state index contributed by atoms with van der Waals surface area (Å²) in [7, 11) is 0. The second-order valence-electron chi connectivity index (χ2n) is 21.6. The Balaban J connectivity index is 4.06. The predicted molar refractivity (Wildman–Crippen MR) is 343 cm³/mol. The summed E-state index contributed by atoms with van der Waals surface area (Å²) in [6, 6.07) is 0. The van der Waals surface area contributed by atoms with Crippen LogP contribution in [-0.2, 0) is 28.6 Å². The van der Waals surface area contributed by atoms with E-state index in [9.17, 15) is 14.4 Å². The SMILES string of the molecule is CC/C=C\C/C=C\C/C=C\C/C=C\C/C=C\C/C=C\CCC(=O)OC(COC(=O)CCCCCCCCC)COC(=O)CCCCCCCCCCCCCCCCCCCCCCCC/C=C\C/C=C\C/C=C\C/C=C\CC. The number of esters is 3.